The largest absolute Gasteiger partial charge is 0.310 e. The quantitative estimate of drug-likeness (QED) is 0.785. The minimum atomic E-state index is -0.953. The summed E-state index contributed by atoms with van der Waals surface area (Å²) in [7, 11) is 0. The highest BCUT2D eigenvalue weighted by molar-refractivity contribution is 6.30. The number of halogens is 2. The number of nitriles is 1. The van der Waals surface area contributed by atoms with E-state index in [1.807, 2.05) is 6.07 Å². The molecule has 2 nitrogen and oxygen atoms in total. The summed E-state index contributed by atoms with van der Waals surface area (Å²) in [5.74, 6) is 0. The zero-order chi connectivity index (χ0) is 9.19. The van der Waals surface area contributed by atoms with E-state index in [9.17, 15) is 0 Å². The van der Waals surface area contributed by atoms with Gasteiger partial charge in [-0.25, -0.2) is 0 Å². The average Bonchev–Trinajstić information content (AvgIpc) is 2.05. The summed E-state index contributed by atoms with van der Waals surface area (Å²) in [6.45, 7) is 1.65. The Morgan fingerprint density at radius 3 is 2.62 bits per heavy atom. The molecular weight excluding hydrogens is 207 g/mol. The highest BCUT2D eigenvalue weighted by Gasteiger charge is 2.19. The van der Waals surface area contributed by atoms with Gasteiger partial charge in [-0.2, -0.15) is 5.26 Å². The van der Waals surface area contributed by atoms with Crippen molar-refractivity contribution in [3.8, 4) is 6.07 Å². The predicted octanol–water partition coefficient (Wildman–Crippen LogP) is 2.46. The third-order valence-electron chi connectivity index (χ3n) is 1.66. The van der Waals surface area contributed by atoms with Crippen LogP contribution in [0, 0.1) is 11.3 Å². The van der Waals surface area contributed by atoms with Crippen LogP contribution in [0.25, 0.3) is 0 Å². The van der Waals surface area contributed by atoms with Gasteiger partial charge in [-0.15, -0.1) is 12.4 Å². The van der Waals surface area contributed by atoms with Crippen molar-refractivity contribution in [3.63, 3.8) is 0 Å². The monoisotopic (exact) mass is 216 g/mol. The number of rotatable bonds is 1. The van der Waals surface area contributed by atoms with Crippen molar-refractivity contribution >= 4 is 24.0 Å². The van der Waals surface area contributed by atoms with Crippen molar-refractivity contribution in [2.24, 2.45) is 5.73 Å². The molecule has 1 aromatic rings. The fourth-order valence-electron chi connectivity index (χ4n) is 0.876. The van der Waals surface area contributed by atoms with E-state index in [-0.39, 0.29) is 12.4 Å². The summed E-state index contributed by atoms with van der Waals surface area (Å²) in [6, 6.07) is 9.02. The first-order chi connectivity index (χ1) is 5.56. The molecule has 0 heterocycles. The van der Waals surface area contributed by atoms with Gasteiger partial charge >= 0.3 is 0 Å². The molecule has 4 heteroatoms. The maximum atomic E-state index is 8.72. The second-order valence-corrected chi connectivity index (χ2v) is 3.26. The van der Waals surface area contributed by atoms with E-state index in [2.05, 4.69) is 0 Å². The standard InChI is InChI=1S/C9H9ClN2.ClH/c1-9(12,6-11)7-3-2-4-8(10)5-7;/h2-5H,12H2,1H3;1H. The Bertz CT molecular complexity index is 329. The Kier molecular flexibility index (Phi) is 4.22. The molecule has 0 aliphatic carbocycles. The van der Waals surface area contributed by atoms with E-state index in [4.69, 9.17) is 22.6 Å². The van der Waals surface area contributed by atoms with Crippen LogP contribution in [0.15, 0.2) is 24.3 Å². The van der Waals surface area contributed by atoms with Gasteiger partial charge in [0.1, 0.15) is 5.54 Å². The van der Waals surface area contributed by atoms with Crippen molar-refractivity contribution in [1.29, 1.82) is 5.26 Å². The van der Waals surface area contributed by atoms with Crippen molar-refractivity contribution < 1.29 is 0 Å². The fourth-order valence-corrected chi connectivity index (χ4v) is 1.07. The number of hydrogen-bond acceptors (Lipinski definition) is 2. The molecule has 1 rings (SSSR count). The lowest BCUT2D eigenvalue weighted by atomic mass is 9.95. The first-order valence-electron chi connectivity index (χ1n) is 3.52. The molecule has 0 amide bonds. The molecule has 2 N–H and O–H groups in total. The van der Waals surface area contributed by atoms with Crippen LogP contribution in [0.2, 0.25) is 5.02 Å². The van der Waals surface area contributed by atoms with Crippen LogP contribution in [0.3, 0.4) is 0 Å². The first-order valence-corrected chi connectivity index (χ1v) is 3.90. The maximum absolute atomic E-state index is 8.72. The van der Waals surface area contributed by atoms with Gasteiger partial charge in [0.15, 0.2) is 0 Å². The summed E-state index contributed by atoms with van der Waals surface area (Å²) in [4.78, 5) is 0. The zero-order valence-electron chi connectivity index (χ0n) is 7.12. The lowest BCUT2D eigenvalue weighted by Gasteiger charge is -2.15. The van der Waals surface area contributed by atoms with Crippen molar-refractivity contribution in [1.82, 2.24) is 0 Å². The molecule has 0 bridgehead atoms. The van der Waals surface area contributed by atoms with Crippen LogP contribution < -0.4 is 5.73 Å². The van der Waals surface area contributed by atoms with Gasteiger partial charge < -0.3 is 5.73 Å². The molecule has 0 radical (unpaired) electrons. The molecule has 13 heavy (non-hydrogen) atoms. The van der Waals surface area contributed by atoms with Gasteiger partial charge in [-0.05, 0) is 24.6 Å². The first kappa shape index (κ1) is 12.2. The van der Waals surface area contributed by atoms with Crippen molar-refractivity contribution in [2.45, 2.75) is 12.5 Å². The van der Waals surface area contributed by atoms with Crippen LogP contribution in [-0.4, -0.2) is 0 Å². The molecule has 0 fully saturated rings. The van der Waals surface area contributed by atoms with E-state index in [0.717, 1.165) is 5.56 Å². The number of nitrogens with zero attached hydrogens (tertiary/aromatic N) is 1. The fraction of sp³-hybridized carbons (Fsp3) is 0.222. The molecule has 0 saturated carbocycles. The Morgan fingerprint density at radius 2 is 2.15 bits per heavy atom. The second-order valence-electron chi connectivity index (χ2n) is 2.82. The summed E-state index contributed by atoms with van der Waals surface area (Å²) in [5, 5.41) is 9.32. The van der Waals surface area contributed by atoms with Crippen LogP contribution in [-0.2, 0) is 5.54 Å². The summed E-state index contributed by atoms with van der Waals surface area (Å²) in [6.07, 6.45) is 0. The Balaban J connectivity index is 0.00000144. The lowest BCUT2D eigenvalue weighted by Crippen LogP contribution is -2.30. The molecule has 0 aromatic heterocycles. The number of benzene rings is 1. The molecule has 0 saturated heterocycles. The highest BCUT2D eigenvalue weighted by Crippen LogP contribution is 2.19. The van der Waals surface area contributed by atoms with Crippen LogP contribution in [0.5, 0.6) is 0 Å². The Labute approximate surface area is 88.7 Å². The molecule has 0 spiro atoms. The number of hydrogen-bond donors (Lipinski definition) is 1. The van der Waals surface area contributed by atoms with E-state index in [0.29, 0.717) is 5.02 Å². The van der Waals surface area contributed by atoms with Gasteiger partial charge in [-0.1, -0.05) is 23.7 Å². The van der Waals surface area contributed by atoms with Crippen LogP contribution in [0.4, 0.5) is 0 Å². The minimum absolute atomic E-state index is 0. The van der Waals surface area contributed by atoms with Crippen LogP contribution >= 0.6 is 24.0 Å². The number of nitrogens with two attached hydrogens (primary N) is 1. The average molecular weight is 217 g/mol. The molecule has 1 unspecified atom stereocenters. The van der Waals surface area contributed by atoms with Gasteiger partial charge in [-0.3, -0.25) is 0 Å². The van der Waals surface area contributed by atoms with E-state index < -0.39 is 5.54 Å². The lowest BCUT2D eigenvalue weighted by molar-refractivity contribution is 0.646. The van der Waals surface area contributed by atoms with Gasteiger partial charge in [0, 0.05) is 5.02 Å². The topological polar surface area (TPSA) is 49.8 Å². The SMILES string of the molecule is CC(N)(C#N)c1cccc(Cl)c1.Cl. The van der Waals surface area contributed by atoms with Gasteiger partial charge in [0.05, 0.1) is 6.07 Å². The Morgan fingerprint density at radius 1 is 1.54 bits per heavy atom. The molecule has 1 atom stereocenters. The molecule has 0 aliphatic rings. The summed E-state index contributed by atoms with van der Waals surface area (Å²) < 4.78 is 0. The zero-order valence-corrected chi connectivity index (χ0v) is 8.69. The maximum Gasteiger partial charge on any atom is 0.127 e. The summed E-state index contributed by atoms with van der Waals surface area (Å²) >= 11 is 5.74. The summed E-state index contributed by atoms with van der Waals surface area (Å²) in [5.41, 5.74) is 5.47. The van der Waals surface area contributed by atoms with Crippen molar-refractivity contribution in [3.05, 3.63) is 34.9 Å². The van der Waals surface area contributed by atoms with Gasteiger partial charge in [0.2, 0.25) is 0 Å². The third-order valence-corrected chi connectivity index (χ3v) is 1.89. The second kappa shape index (κ2) is 4.48. The predicted molar refractivity (Wildman–Crippen MR) is 55.9 cm³/mol. The molecule has 70 valence electrons. The minimum Gasteiger partial charge on any atom is -0.310 e. The van der Waals surface area contributed by atoms with Gasteiger partial charge in [0.25, 0.3) is 0 Å². The van der Waals surface area contributed by atoms with Crippen LogP contribution in [0.1, 0.15) is 12.5 Å². The molecule has 0 aliphatic heterocycles. The highest BCUT2D eigenvalue weighted by atomic mass is 35.5. The third kappa shape index (κ3) is 2.89. The van der Waals surface area contributed by atoms with E-state index >= 15 is 0 Å². The van der Waals surface area contributed by atoms with Crippen molar-refractivity contribution in [2.75, 3.05) is 0 Å². The van der Waals surface area contributed by atoms with E-state index in [1.165, 1.54) is 0 Å². The Hall–Kier alpha value is -0.750. The van der Waals surface area contributed by atoms with E-state index in [1.54, 1.807) is 31.2 Å². The normalized spacial score (nSPS) is 13.7. The smallest absolute Gasteiger partial charge is 0.127 e. The molecule has 1 aromatic carbocycles. The molecular formula is C9H10Cl2N2.